The van der Waals surface area contributed by atoms with Crippen LogP contribution in [0.1, 0.15) is 21.5 Å². The molecular weight excluding hydrogens is 339 g/mol. The van der Waals surface area contributed by atoms with Crippen LogP contribution in [-0.2, 0) is 11.3 Å². The number of aliphatic carboxylic acids is 1. The first-order valence-corrected chi connectivity index (χ1v) is 7.01. The summed E-state index contributed by atoms with van der Waals surface area (Å²) in [6.07, 6.45) is -5.08. The van der Waals surface area contributed by atoms with Gasteiger partial charge in [0, 0.05) is 6.54 Å². The summed E-state index contributed by atoms with van der Waals surface area (Å²) in [6.45, 7) is 2.42. The Balaban J connectivity index is 0.000000381. The first-order valence-electron chi connectivity index (χ1n) is 7.01. The van der Waals surface area contributed by atoms with Gasteiger partial charge in [0.15, 0.2) is 0 Å². The molecule has 25 heavy (non-hydrogen) atoms. The molecule has 0 unspecified atom stereocenters. The van der Waals surface area contributed by atoms with Crippen LogP contribution >= 0.6 is 0 Å². The second-order valence-corrected chi connectivity index (χ2v) is 4.91. The van der Waals surface area contributed by atoms with Crippen molar-refractivity contribution in [2.24, 2.45) is 5.73 Å². The van der Waals surface area contributed by atoms with E-state index >= 15 is 0 Å². The maximum Gasteiger partial charge on any atom is 0.490 e. The molecule has 2 aromatic rings. The van der Waals surface area contributed by atoms with Gasteiger partial charge in [-0.3, -0.25) is 0 Å². The molecule has 0 atom stereocenters. The molecule has 0 saturated carbocycles. The van der Waals surface area contributed by atoms with Crippen LogP contribution < -0.4 is 10.5 Å². The number of ether oxygens (including phenoxy) is 1. The Labute approximate surface area is 141 Å². The number of carboxylic acids is 1. The number of aryl methyl sites for hydroxylation is 1. The van der Waals surface area contributed by atoms with E-state index in [0.29, 0.717) is 17.9 Å². The van der Waals surface area contributed by atoms with Crippen molar-refractivity contribution in [3.63, 3.8) is 0 Å². The van der Waals surface area contributed by atoms with E-state index < -0.39 is 12.1 Å². The smallest absolute Gasteiger partial charge is 0.475 e. The molecule has 0 spiro atoms. The van der Waals surface area contributed by atoms with Gasteiger partial charge in [-0.25, -0.2) is 9.59 Å². The number of carbonyl (C=O) groups is 2. The van der Waals surface area contributed by atoms with Crippen LogP contribution in [0.3, 0.4) is 0 Å². The second kappa shape index (κ2) is 8.84. The number of esters is 1. The molecule has 0 bridgehead atoms. The zero-order chi connectivity index (χ0) is 19.0. The molecule has 0 saturated heterocycles. The van der Waals surface area contributed by atoms with Crippen LogP contribution in [0, 0.1) is 6.92 Å². The van der Waals surface area contributed by atoms with Gasteiger partial charge < -0.3 is 15.6 Å². The number of benzene rings is 2. The fourth-order valence-corrected chi connectivity index (χ4v) is 1.62. The van der Waals surface area contributed by atoms with Gasteiger partial charge in [-0.1, -0.05) is 24.3 Å². The summed E-state index contributed by atoms with van der Waals surface area (Å²) in [5, 5.41) is 7.12. The molecule has 134 valence electrons. The average Bonchev–Trinajstić information content (AvgIpc) is 2.54. The first-order chi connectivity index (χ1) is 11.6. The molecule has 0 aliphatic rings. The zero-order valence-corrected chi connectivity index (χ0v) is 13.2. The minimum atomic E-state index is -5.08. The quantitative estimate of drug-likeness (QED) is 0.651. The molecule has 0 aliphatic heterocycles. The predicted octanol–water partition coefficient (Wildman–Crippen LogP) is 3.31. The molecule has 0 heterocycles. The number of alkyl halides is 3. The van der Waals surface area contributed by atoms with E-state index in [1.54, 1.807) is 18.2 Å². The highest BCUT2D eigenvalue weighted by Crippen LogP contribution is 2.15. The molecule has 0 amide bonds. The van der Waals surface area contributed by atoms with E-state index in [9.17, 15) is 18.0 Å². The monoisotopic (exact) mass is 355 g/mol. The summed E-state index contributed by atoms with van der Waals surface area (Å²) < 4.78 is 37.0. The van der Waals surface area contributed by atoms with Gasteiger partial charge in [0.05, 0.1) is 5.56 Å². The first kappa shape index (κ1) is 20.2. The molecule has 5 nitrogen and oxygen atoms in total. The number of carboxylic acid groups (broad SMARTS) is 1. The van der Waals surface area contributed by atoms with E-state index in [1.165, 1.54) is 0 Å². The number of carbonyl (C=O) groups excluding carboxylic acids is 1. The number of hydrogen-bond donors (Lipinski definition) is 2. The normalized spacial score (nSPS) is 10.4. The van der Waals surface area contributed by atoms with E-state index in [0.717, 1.165) is 11.1 Å². The molecule has 0 aliphatic carbocycles. The van der Waals surface area contributed by atoms with Gasteiger partial charge >= 0.3 is 18.1 Å². The van der Waals surface area contributed by atoms with Crippen LogP contribution in [0.25, 0.3) is 0 Å². The Morgan fingerprint density at radius 2 is 1.68 bits per heavy atom. The number of hydrogen-bond acceptors (Lipinski definition) is 4. The molecule has 0 aromatic heterocycles. The Hall–Kier alpha value is -2.87. The highest BCUT2D eigenvalue weighted by molar-refractivity contribution is 5.91. The van der Waals surface area contributed by atoms with E-state index in [1.807, 2.05) is 37.3 Å². The van der Waals surface area contributed by atoms with Crippen molar-refractivity contribution in [2.75, 3.05) is 0 Å². The highest BCUT2D eigenvalue weighted by atomic mass is 19.4. The third-order valence-corrected chi connectivity index (χ3v) is 2.87. The van der Waals surface area contributed by atoms with Gasteiger partial charge in [0.1, 0.15) is 5.75 Å². The van der Waals surface area contributed by atoms with Crippen molar-refractivity contribution in [1.29, 1.82) is 0 Å². The van der Waals surface area contributed by atoms with Crippen molar-refractivity contribution >= 4 is 11.9 Å². The molecule has 8 heteroatoms. The Kier molecular flexibility index (Phi) is 7.13. The Bertz CT molecular complexity index is 727. The third kappa shape index (κ3) is 7.05. The Morgan fingerprint density at radius 3 is 2.12 bits per heavy atom. The van der Waals surface area contributed by atoms with Gasteiger partial charge in [0.25, 0.3) is 0 Å². The summed E-state index contributed by atoms with van der Waals surface area (Å²) in [4.78, 5) is 20.8. The molecular formula is C17H16F3NO4. The zero-order valence-electron chi connectivity index (χ0n) is 13.2. The largest absolute Gasteiger partial charge is 0.490 e. The molecule has 3 N–H and O–H groups in total. The lowest BCUT2D eigenvalue weighted by atomic mass is 10.1. The minimum absolute atomic E-state index is 0.357. The third-order valence-electron chi connectivity index (χ3n) is 2.87. The van der Waals surface area contributed by atoms with Gasteiger partial charge in [0.2, 0.25) is 0 Å². The molecule has 2 aromatic carbocycles. The standard InChI is InChI=1S/C15H15NO2.C2HF3O2/c1-11-3-2-4-14(9-11)18-15(17)13-7-5-12(10-16)6-8-13;3-2(4,5)1(6)7/h2-9H,10,16H2,1H3;(H,6,7). The van der Waals surface area contributed by atoms with Crippen molar-refractivity contribution in [3.05, 3.63) is 65.2 Å². The van der Waals surface area contributed by atoms with Gasteiger partial charge in [-0.05, 0) is 42.3 Å². The fraction of sp³-hybridized carbons (Fsp3) is 0.176. The predicted molar refractivity (Wildman–Crippen MR) is 84.2 cm³/mol. The maximum atomic E-state index is 11.9. The lowest BCUT2D eigenvalue weighted by Gasteiger charge is -2.05. The van der Waals surface area contributed by atoms with Crippen molar-refractivity contribution in [1.82, 2.24) is 0 Å². The molecule has 2 rings (SSSR count). The fourth-order valence-electron chi connectivity index (χ4n) is 1.62. The molecule has 0 radical (unpaired) electrons. The van der Waals surface area contributed by atoms with Crippen LogP contribution in [-0.4, -0.2) is 23.2 Å². The van der Waals surface area contributed by atoms with E-state index in [2.05, 4.69) is 0 Å². The number of nitrogens with two attached hydrogens (primary N) is 1. The van der Waals surface area contributed by atoms with E-state index in [4.69, 9.17) is 20.4 Å². The van der Waals surface area contributed by atoms with Crippen LogP contribution in [0.5, 0.6) is 5.75 Å². The van der Waals surface area contributed by atoms with Crippen molar-refractivity contribution in [3.8, 4) is 5.75 Å². The minimum Gasteiger partial charge on any atom is -0.475 e. The molecule has 0 fully saturated rings. The number of halogens is 3. The second-order valence-electron chi connectivity index (χ2n) is 4.91. The SMILES string of the molecule is Cc1cccc(OC(=O)c2ccc(CN)cc2)c1.O=C(O)C(F)(F)F. The average molecular weight is 355 g/mol. The van der Waals surface area contributed by atoms with Crippen LogP contribution in [0.15, 0.2) is 48.5 Å². The highest BCUT2D eigenvalue weighted by Gasteiger charge is 2.38. The van der Waals surface area contributed by atoms with Crippen molar-refractivity contribution < 1.29 is 32.6 Å². The van der Waals surface area contributed by atoms with Crippen LogP contribution in [0.4, 0.5) is 13.2 Å². The topological polar surface area (TPSA) is 89.6 Å². The summed E-state index contributed by atoms with van der Waals surface area (Å²) in [7, 11) is 0. The maximum absolute atomic E-state index is 11.9. The van der Waals surface area contributed by atoms with E-state index in [-0.39, 0.29) is 5.97 Å². The summed E-state index contributed by atoms with van der Waals surface area (Å²) in [5.41, 5.74) is 8.06. The Morgan fingerprint density at radius 1 is 1.12 bits per heavy atom. The summed E-state index contributed by atoms with van der Waals surface area (Å²) >= 11 is 0. The summed E-state index contributed by atoms with van der Waals surface area (Å²) in [5.74, 6) is -2.56. The van der Waals surface area contributed by atoms with Crippen molar-refractivity contribution in [2.45, 2.75) is 19.6 Å². The van der Waals surface area contributed by atoms with Gasteiger partial charge in [-0.2, -0.15) is 13.2 Å². The van der Waals surface area contributed by atoms with Gasteiger partial charge in [-0.15, -0.1) is 0 Å². The van der Waals surface area contributed by atoms with Crippen LogP contribution in [0.2, 0.25) is 0 Å². The summed E-state index contributed by atoms with van der Waals surface area (Å²) in [6, 6.07) is 14.5. The lowest BCUT2D eigenvalue weighted by molar-refractivity contribution is -0.192. The number of rotatable bonds is 3. The lowest BCUT2D eigenvalue weighted by Crippen LogP contribution is -2.21.